The third-order valence-electron chi connectivity index (χ3n) is 4.45. The maximum atomic E-state index is 12.5. The van der Waals surface area contributed by atoms with E-state index >= 15 is 0 Å². The molecule has 0 aliphatic carbocycles. The minimum atomic E-state index is -0.507. The van der Waals surface area contributed by atoms with Crippen molar-refractivity contribution >= 4 is 23.2 Å². The summed E-state index contributed by atoms with van der Waals surface area (Å²) in [5.74, 6) is 1.52. The SMILES string of the molecule is COc1ccc(NC(=O)CN(C)[C@@H](C)C(=O)Nc2ccc3c(c2)OCO3)cc1. The fraction of sp³-hybridized carbons (Fsp3) is 0.300. The number of likely N-dealkylation sites (N-methyl/N-ethyl adjacent to an activating group) is 1. The van der Waals surface area contributed by atoms with E-state index in [2.05, 4.69) is 10.6 Å². The molecule has 28 heavy (non-hydrogen) atoms. The predicted molar refractivity (Wildman–Crippen MR) is 105 cm³/mol. The number of nitrogens with zero attached hydrogens (tertiary/aromatic N) is 1. The Morgan fingerprint density at radius 3 is 2.46 bits per heavy atom. The number of fused-ring (bicyclic) bond motifs is 1. The summed E-state index contributed by atoms with van der Waals surface area (Å²) in [7, 11) is 3.30. The van der Waals surface area contributed by atoms with Crippen LogP contribution in [0.2, 0.25) is 0 Å². The van der Waals surface area contributed by atoms with Gasteiger partial charge in [0.2, 0.25) is 18.6 Å². The zero-order chi connectivity index (χ0) is 20.1. The number of carbonyl (C=O) groups excluding carboxylic acids is 2. The van der Waals surface area contributed by atoms with Gasteiger partial charge in [0.05, 0.1) is 19.7 Å². The van der Waals surface area contributed by atoms with Crippen molar-refractivity contribution < 1.29 is 23.8 Å². The Hall–Kier alpha value is -3.26. The molecule has 0 bridgehead atoms. The van der Waals surface area contributed by atoms with Gasteiger partial charge >= 0.3 is 0 Å². The minimum absolute atomic E-state index is 0.0712. The van der Waals surface area contributed by atoms with Crippen LogP contribution >= 0.6 is 0 Å². The Kier molecular flexibility index (Phi) is 6.00. The van der Waals surface area contributed by atoms with Gasteiger partial charge in [0.25, 0.3) is 0 Å². The van der Waals surface area contributed by atoms with Crippen LogP contribution in [0.1, 0.15) is 6.92 Å². The molecule has 148 valence electrons. The summed E-state index contributed by atoms with van der Waals surface area (Å²) in [6, 6.07) is 11.7. The van der Waals surface area contributed by atoms with Crippen LogP contribution in [0.25, 0.3) is 0 Å². The van der Waals surface area contributed by atoms with Crippen LogP contribution in [0.3, 0.4) is 0 Å². The molecule has 1 aliphatic rings. The number of nitrogens with one attached hydrogen (secondary N) is 2. The fourth-order valence-corrected chi connectivity index (χ4v) is 2.66. The van der Waals surface area contributed by atoms with Crippen molar-refractivity contribution in [2.75, 3.05) is 38.1 Å². The van der Waals surface area contributed by atoms with Gasteiger partial charge in [-0.1, -0.05) is 0 Å². The first-order chi connectivity index (χ1) is 13.5. The van der Waals surface area contributed by atoms with Gasteiger partial charge in [-0.15, -0.1) is 0 Å². The van der Waals surface area contributed by atoms with Crippen molar-refractivity contribution in [3.8, 4) is 17.2 Å². The molecule has 0 fully saturated rings. The molecule has 0 spiro atoms. The molecule has 2 aromatic carbocycles. The van der Waals surface area contributed by atoms with Gasteiger partial charge in [0.1, 0.15) is 5.75 Å². The van der Waals surface area contributed by atoms with Crippen LogP contribution in [-0.2, 0) is 9.59 Å². The lowest BCUT2D eigenvalue weighted by molar-refractivity contribution is -0.122. The Labute approximate surface area is 163 Å². The lowest BCUT2D eigenvalue weighted by Gasteiger charge is -2.23. The molecule has 8 nitrogen and oxygen atoms in total. The van der Waals surface area contributed by atoms with E-state index in [-0.39, 0.29) is 25.2 Å². The first-order valence-corrected chi connectivity index (χ1v) is 8.81. The van der Waals surface area contributed by atoms with Crippen LogP contribution < -0.4 is 24.8 Å². The second kappa shape index (κ2) is 8.62. The molecule has 0 unspecified atom stereocenters. The van der Waals surface area contributed by atoms with Gasteiger partial charge in [-0.3, -0.25) is 14.5 Å². The Morgan fingerprint density at radius 1 is 1.07 bits per heavy atom. The summed E-state index contributed by atoms with van der Waals surface area (Å²) in [5.41, 5.74) is 1.27. The van der Waals surface area contributed by atoms with Gasteiger partial charge in [-0.25, -0.2) is 0 Å². The third kappa shape index (κ3) is 4.72. The highest BCUT2D eigenvalue weighted by Crippen LogP contribution is 2.34. The molecule has 1 atom stereocenters. The molecule has 2 N–H and O–H groups in total. The number of hydrogen-bond acceptors (Lipinski definition) is 6. The van der Waals surface area contributed by atoms with Crippen molar-refractivity contribution in [3.63, 3.8) is 0 Å². The van der Waals surface area contributed by atoms with Crippen LogP contribution in [0.5, 0.6) is 17.2 Å². The number of rotatable bonds is 7. The van der Waals surface area contributed by atoms with Crippen molar-refractivity contribution in [3.05, 3.63) is 42.5 Å². The van der Waals surface area contributed by atoms with Gasteiger partial charge in [-0.05, 0) is 50.4 Å². The standard InChI is InChI=1S/C20H23N3O5/c1-13(20(25)22-15-6-9-17-18(10-15)28-12-27-17)23(2)11-19(24)21-14-4-7-16(26-3)8-5-14/h4-10,13H,11-12H2,1-3H3,(H,21,24)(H,22,25)/t13-/m0/s1. The van der Waals surface area contributed by atoms with Gasteiger partial charge in [-0.2, -0.15) is 0 Å². The number of benzene rings is 2. The van der Waals surface area contributed by atoms with Crippen molar-refractivity contribution in [2.45, 2.75) is 13.0 Å². The first kappa shape index (κ1) is 19.5. The Bertz CT molecular complexity index is 853. The zero-order valence-electron chi connectivity index (χ0n) is 16.0. The average Bonchev–Trinajstić information content (AvgIpc) is 3.15. The molecule has 2 aromatic rings. The van der Waals surface area contributed by atoms with E-state index in [0.29, 0.717) is 28.6 Å². The first-order valence-electron chi connectivity index (χ1n) is 8.81. The van der Waals surface area contributed by atoms with E-state index < -0.39 is 6.04 Å². The predicted octanol–water partition coefficient (Wildman–Crippen LogP) is 2.32. The lowest BCUT2D eigenvalue weighted by atomic mass is 10.2. The molecule has 0 saturated heterocycles. The van der Waals surface area contributed by atoms with E-state index in [0.717, 1.165) is 0 Å². The van der Waals surface area contributed by atoms with Gasteiger partial charge < -0.3 is 24.8 Å². The average molecular weight is 385 g/mol. The van der Waals surface area contributed by atoms with Crippen LogP contribution in [0, 0.1) is 0 Å². The monoisotopic (exact) mass is 385 g/mol. The zero-order valence-corrected chi connectivity index (χ0v) is 16.0. The molecule has 3 rings (SSSR count). The van der Waals surface area contributed by atoms with Crippen molar-refractivity contribution in [1.82, 2.24) is 4.90 Å². The van der Waals surface area contributed by atoms with E-state index in [9.17, 15) is 9.59 Å². The molecule has 2 amide bonds. The molecule has 0 radical (unpaired) electrons. The Morgan fingerprint density at radius 2 is 1.75 bits per heavy atom. The summed E-state index contributed by atoms with van der Waals surface area (Å²) >= 11 is 0. The summed E-state index contributed by atoms with van der Waals surface area (Å²) in [5, 5.41) is 5.62. The second-order valence-electron chi connectivity index (χ2n) is 6.43. The highest BCUT2D eigenvalue weighted by Gasteiger charge is 2.21. The number of amides is 2. The van der Waals surface area contributed by atoms with E-state index in [1.165, 1.54) is 0 Å². The van der Waals surface area contributed by atoms with Crippen molar-refractivity contribution in [1.29, 1.82) is 0 Å². The van der Waals surface area contributed by atoms with Crippen LogP contribution in [0.4, 0.5) is 11.4 Å². The normalized spacial score (nSPS) is 13.1. The molecule has 1 aliphatic heterocycles. The molecule has 8 heteroatoms. The number of methoxy groups -OCH3 is 1. The van der Waals surface area contributed by atoms with Crippen LogP contribution in [-0.4, -0.2) is 50.3 Å². The minimum Gasteiger partial charge on any atom is -0.497 e. The summed E-state index contributed by atoms with van der Waals surface area (Å²) in [4.78, 5) is 26.4. The molecule has 1 heterocycles. The van der Waals surface area contributed by atoms with E-state index in [1.807, 2.05) is 0 Å². The number of anilines is 2. The summed E-state index contributed by atoms with van der Waals surface area (Å²) in [6.07, 6.45) is 0. The molecular formula is C20H23N3O5. The molecule has 0 aromatic heterocycles. The Balaban J connectivity index is 1.51. The molecular weight excluding hydrogens is 362 g/mol. The summed E-state index contributed by atoms with van der Waals surface area (Å²) in [6.45, 7) is 1.99. The largest absolute Gasteiger partial charge is 0.497 e. The van der Waals surface area contributed by atoms with Gasteiger partial charge in [0.15, 0.2) is 11.5 Å². The topological polar surface area (TPSA) is 89.1 Å². The second-order valence-corrected chi connectivity index (χ2v) is 6.43. The number of hydrogen-bond donors (Lipinski definition) is 2. The summed E-state index contributed by atoms with van der Waals surface area (Å²) < 4.78 is 15.7. The lowest BCUT2D eigenvalue weighted by Crippen LogP contribution is -2.43. The third-order valence-corrected chi connectivity index (χ3v) is 4.45. The maximum Gasteiger partial charge on any atom is 0.241 e. The van der Waals surface area contributed by atoms with Crippen LogP contribution in [0.15, 0.2) is 42.5 Å². The highest BCUT2D eigenvalue weighted by atomic mass is 16.7. The number of ether oxygens (including phenoxy) is 3. The van der Waals surface area contributed by atoms with E-state index in [1.54, 1.807) is 68.4 Å². The molecule has 0 saturated carbocycles. The quantitative estimate of drug-likeness (QED) is 0.760. The van der Waals surface area contributed by atoms with Gasteiger partial charge in [0, 0.05) is 17.4 Å². The van der Waals surface area contributed by atoms with Crippen molar-refractivity contribution in [2.24, 2.45) is 0 Å². The highest BCUT2D eigenvalue weighted by molar-refractivity contribution is 5.96. The maximum absolute atomic E-state index is 12.5. The fourth-order valence-electron chi connectivity index (χ4n) is 2.66. The number of carbonyl (C=O) groups is 2. The van der Waals surface area contributed by atoms with E-state index in [4.69, 9.17) is 14.2 Å². The smallest absolute Gasteiger partial charge is 0.241 e.